The molecule has 1 N–H and O–H groups in total. The molecule has 0 bridgehead atoms. The fourth-order valence-electron chi connectivity index (χ4n) is 4.03. The first kappa shape index (κ1) is 22.9. The molecule has 1 aliphatic heterocycles. The molecule has 0 unspecified atom stereocenters. The Bertz CT molecular complexity index is 1430. The molecule has 1 amide bonds. The van der Waals surface area contributed by atoms with E-state index in [0.717, 1.165) is 46.5 Å². The SMILES string of the molecule is Cc1cc(-c2ncnn3cc(C4=CCOCC4)cc23)ccc1CNC(=O)c1noc(C(C)(C)C)n1. The number of aryl methyl sites for hydroxylation is 1. The minimum atomic E-state index is -0.367. The second kappa shape index (κ2) is 9.07. The number of benzene rings is 1. The molecule has 1 aromatic carbocycles. The summed E-state index contributed by atoms with van der Waals surface area (Å²) in [6.45, 7) is 9.61. The normalized spacial score (nSPS) is 14.2. The number of carbonyl (C=O) groups is 1. The molecule has 4 aromatic rings. The molecule has 0 spiro atoms. The molecule has 0 fully saturated rings. The van der Waals surface area contributed by atoms with E-state index in [0.29, 0.717) is 19.0 Å². The zero-order valence-electron chi connectivity index (χ0n) is 20.3. The maximum Gasteiger partial charge on any atom is 0.292 e. The molecule has 5 rings (SSSR count). The molecular formula is C26H28N6O3. The second-order valence-corrected chi connectivity index (χ2v) is 9.72. The Balaban J connectivity index is 1.34. The number of carbonyl (C=O) groups excluding carboxylic acids is 1. The van der Waals surface area contributed by atoms with Gasteiger partial charge >= 0.3 is 0 Å². The van der Waals surface area contributed by atoms with Gasteiger partial charge in [0.2, 0.25) is 5.89 Å². The van der Waals surface area contributed by atoms with Crippen molar-refractivity contribution < 1.29 is 14.1 Å². The Morgan fingerprint density at radius 1 is 1.20 bits per heavy atom. The highest BCUT2D eigenvalue weighted by atomic mass is 16.5. The lowest BCUT2D eigenvalue weighted by molar-refractivity contribution is 0.0937. The summed E-state index contributed by atoms with van der Waals surface area (Å²) in [4.78, 5) is 21.3. The third kappa shape index (κ3) is 4.72. The monoisotopic (exact) mass is 472 g/mol. The van der Waals surface area contributed by atoms with Crippen molar-refractivity contribution in [3.05, 3.63) is 71.3 Å². The van der Waals surface area contributed by atoms with Crippen LogP contribution in [-0.4, -0.2) is 43.9 Å². The highest BCUT2D eigenvalue weighted by molar-refractivity contribution is 5.90. The van der Waals surface area contributed by atoms with E-state index in [-0.39, 0.29) is 17.1 Å². The second-order valence-electron chi connectivity index (χ2n) is 9.72. The van der Waals surface area contributed by atoms with Gasteiger partial charge in [0.05, 0.1) is 24.4 Å². The summed E-state index contributed by atoms with van der Waals surface area (Å²) in [5.41, 5.74) is 6.93. The van der Waals surface area contributed by atoms with Crippen molar-refractivity contribution in [1.82, 2.24) is 30.1 Å². The maximum atomic E-state index is 12.5. The van der Waals surface area contributed by atoms with Crippen LogP contribution in [0.3, 0.4) is 0 Å². The smallest absolute Gasteiger partial charge is 0.292 e. The molecule has 0 saturated carbocycles. The van der Waals surface area contributed by atoms with Gasteiger partial charge in [-0.25, -0.2) is 9.50 Å². The van der Waals surface area contributed by atoms with Gasteiger partial charge in [0.1, 0.15) is 6.33 Å². The van der Waals surface area contributed by atoms with E-state index in [1.54, 1.807) is 6.33 Å². The third-order valence-corrected chi connectivity index (χ3v) is 6.07. The molecule has 0 radical (unpaired) electrons. The number of nitrogens with zero attached hydrogens (tertiary/aromatic N) is 5. The van der Waals surface area contributed by atoms with Crippen molar-refractivity contribution in [2.75, 3.05) is 13.2 Å². The van der Waals surface area contributed by atoms with Crippen LogP contribution < -0.4 is 5.32 Å². The molecule has 9 heteroatoms. The van der Waals surface area contributed by atoms with Gasteiger partial charge in [0, 0.05) is 23.7 Å². The lowest BCUT2D eigenvalue weighted by Crippen LogP contribution is -2.24. The molecule has 0 aliphatic carbocycles. The van der Waals surface area contributed by atoms with Gasteiger partial charge in [0.15, 0.2) is 0 Å². The van der Waals surface area contributed by atoms with Gasteiger partial charge in [-0.05, 0) is 47.7 Å². The summed E-state index contributed by atoms with van der Waals surface area (Å²) < 4.78 is 12.5. The quantitative estimate of drug-likeness (QED) is 0.465. The molecule has 35 heavy (non-hydrogen) atoms. The predicted molar refractivity (Wildman–Crippen MR) is 131 cm³/mol. The number of fused-ring (bicyclic) bond motifs is 1. The molecule has 9 nitrogen and oxygen atoms in total. The van der Waals surface area contributed by atoms with Gasteiger partial charge in [-0.3, -0.25) is 4.79 Å². The molecule has 0 atom stereocenters. The standard InChI is InChI=1S/C26H28N6O3/c1-16-11-18(5-6-19(16)13-27-24(33)23-30-25(35-31-23)26(2,3)4)22-21-12-20(14-32(21)29-15-28-22)17-7-9-34-10-8-17/h5-7,11-12,14-15H,8-10,13H2,1-4H3,(H,27,33). The lowest BCUT2D eigenvalue weighted by atomic mass is 9.97. The number of hydrogen-bond donors (Lipinski definition) is 1. The topological polar surface area (TPSA) is 107 Å². The van der Waals surface area contributed by atoms with Crippen molar-refractivity contribution in [1.29, 1.82) is 0 Å². The largest absolute Gasteiger partial charge is 0.377 e. The lowest BCUT2D eigenvalue weighted by Gasteiger charge is -2.11. The Morgan fingerprint density at radius 3 is 2.77 bits per heavy atom. The number of aromatic nitrogens is 5. The highest BCUT2D eigenvalue weighted by Gasteiger charge is 2.24. The van der Waals surface area contributed by atoms with Crippen LogP contribution in [0.4, 0.5) is 0 Å². The summed E-state index contributed by atoms with van der Waals surface area (Å²) in [5, 5.41) is 11.1. The summed E-state index contributed by atoms with van der Waals surface area (Å²) in [6, 6.07) is 8.23. The number of ether oxygens (including phenoxy) is 1. The average molecular weight is 473 g/mol. The van der Waals surface area contributed by atoms with Crippen molar-refractivity contribution in [3.63, 3.8) is 0 Å². The van der Waals surface area contributed by atoms with Crippen LogP contribution in [0.1, 0.15) is 60.4 Å². The van der Waals surface area contributed by atoms with E-state index >= 15 is 0 Å². The minimum absolute atomic E-state index is 0.0382. The molecule has 4 heterocycles. The molecule has 1 aliphatic rings. The molecule has 3 aromatic heterocycles. The molecular weight excluding hydrogens is 444 g/mol. The van der Waals surface area contributed by atoms with Gasteiger partial charge < -0.3 is 14.6 Å². The average Bonchev–Trinajstić information content (AvgIpc) is 3.51. The van der Waals surface area contributed by atoms with Gasteiger partial charge in [-0.1, -0.05) is 44.1 Å². The van der Waals surface area contributed by atoms with Crippen LogP contribution in [0.25, 0.3) is 22.3 Å². The Morgan fingerprint density at radius 2 is 2.06 bits per heavy atom. The summed E-state index contributed by atoms with van der Waals surface area (Å²) in [5.74, 6) is 0.102. The molecule has 180 valence electrons. The van der Waals surface area contributed by atoms with Gasteiger partial charge in [-0.2, -0.15) is 10.1 Å². The zero-order valence-corrected chi connectivity index (χ0v) is 20.3. The van der Waals surface area contributed by atoms with E-state index < -0.39 is 0 Å². The highest BCUT2D eigenvalue weighted by Crippen LogP contribution is 2.29. The number of hydrogen-bond acceptors (Lipinski definition) is 7. The first-order chi connectivity index (χ1) is 16.8. The Hall–Kier alpha value is -3.85. The van der Waals surface area contributed by atoms with Gasteiger partial charge in [0.25, 0.3) is 11.7 Å². The van der Waals surface area contributed by atoms with Crippen LogP contribution in [0.5, 0.6) is 0 Å². The summed E-state index contributed by atoms with van der Waals surface area (Å²) >= 11 is 0. The van der Waals surface area contributed by atoms with E-state index in [1.165, 1.54) is 5.57 Å². The number of rotatable bonds is 5. The van der Waals surface area contributed by atoms with Crippen LogP contribution in [-0.2, 0) is 16.7 Å². The van der Waals surface area contributed by atoms with Crippen molar-refractivity contribution >= 4 is 17.0 Å². The fourth-order valence-corrected chi connectivity index (χ4v) is 4.03. The maximum absolute atomic E-state index is 12.5. The first-order valence-corrected chi connectivity index (χ1v) is 11.6. The van der Waals surface area contributed by atoms with E-state index in [9.17, 15) is 4.79 Å². The summed E-state index contributed by atoms with van der Waals surface area (Å²) in [7, 11) is 0. The first-order valence-electron chi connectivity index (χ1n) is 11.6. The van der Waals surface area contributed by atoms with E-state index in [2.05, 4.69) is 43.7 Å². The van der Waals surface area contributed by atoms with Crippen molar-refractivity contribution in [2.24, 2.45) is 0 Å². The third-order valence-electron chi connectivity index (χ3n) is 6.07. The zero-order chi connectivity index (χ0) is 24.6. The van der Waals surface area contributed by atoms with Gasteiger partial charge in [-0.15, -0.1) is 0 Å². The Labute approximate surface area is 203 Å². The minimum Gasteiger partial charge on any atom is -0.377 e. The van der Waals surface area contributed by atoms with E-state index in [1.807, 2.05) is 50.5 Å². The fraction of sp³-hybridized carbons (Fsp3) is 0.346. The van der Waals surface area contributed by atoms with Crippen LogP contribution in [0, 0.1) is 6.92 Å². The predicted octanol–water partition coefficient (Wildman–Crippen LogP) is 4.12. The van der Waals surface area contributed by atoms with E-state index in [4.69, 9.17) is 9.26 Å². The van der Waals surface area contributed by atoms with Crippen molar-refractivity contribution in [2.45, 2.75) is 46.1 Å². The van der Waals surface area contributed by atoms with Crippen LogP contribution in [0.15, 0.2) is 47.4 Å². The number of amides is 1. The van der Waals surface area contributed by atoms with Crippen molar-refractivity contribution in [3.8, 4) is 11.3 Å². The summed E-state index contributed by atoms with van der Waals surface area (Å²) in [6.07, 6.45) is 6.62. The number of nitrogens with one attached hydrogen (secondary N) is 1. The Kier molecular flexibility index (Phi) is 5.94. The molecule has 0 saturated heterocycles. The van der Waals surface area contributed by atoms with Crippen LogP contribution in [0.2, 0.25) is 0 Å². The van der Waals surface area contributed by atoms with Crippen LogP contribution >= 0.6 is 0 Å².